The SMILES string of the molecule is CC(C)(C)C(=O)[O][Ti+]([O]C(=O)C(C)(C)C)[CH]1C2=C(CCCC2)C2=C1CCCC2.[Cl-]. The Morgan fingerprint density at radius 2 is 1.07 bits per heavy atom. The van der Waals surface area contributed by atoms with Crippen molar-refractivity contribution >= 4 is 11.9 Å². The molecule has 0 heterocycles. The maximum atomic E-state index is 12.8. The Bertz CT molecular complexity index is 664. The molecule has 0 radical (unpaired) electrons. The van der Waals surface area contributed by atoms with Crippen LogP contribution in [0.4, 0.5) is 0 Å². The average molecular weight is 459 g/mol. The van der Waals surface area contributed by atoms with E-state index in [0.717, 1.165) is 25.7 Å². The predicted molar refractivity (Wildman–Crippen MR) is 106 cm³/mol. The van der Waals surface area contributed by atoms with Crippen molar-refractivity contribution in [2.24, 2.45) is 10.8 Å². The summed E-state index contributed by atoms with van der Waals surface area (Å²) in [5.41, 5.74) is 4.73. The Morgan fingerprint density at radius 3 is 1.41 bits per heavy atom. The van der Waals surface area contributed by atoms with Crippen LogP contribution in [0.2, 0.25) is 4.22 Å². The molecule has 0 fully saturated rings. The second-order valence-corrected chi connectivity index (χ2v) is 13.0. The quantitative estimate of drug-likeness (QED) is 0.610. The monoisotopic (exact) mass is 458 g/mol. The van der Waals surface area contributed by atoms with Gasteiger partial charge in [-0.1, -0.05) is 0 Å². The number of carbonyl (C=O) groups excluding carboxylic acids is 2. The number of hydrogen-bond acceptors (Lipinski definition) is 4. The van der Waals surface area contributed by atoms with Crippen LogP contribution in [0.5, 0.6) is 0 Å². The van der Waals surface area contributed by atoms with Crippen molar-refractivity contribution in [3.8, 4) is 0 Å². The van der Waals surface area contributed by atoms with E-state index >= 15 is 0 Å². The van der Waals surface area contributed by atoms with E-state index in [2.05, 4.69) is 0 Å². The number of allylic oxidation sites excluding steroid dienone is 4. The van der Waals surface area contributed by atoms with E-state index in [1.165, 1.54) is 48.0 Å². The molecule has 0 saturated carbocycles. The summed E-state index contributed by atoms with van der Waals surface area (Å²) in [6, 6.07) is 0. The summed E-state index contributed by atoms with van der Waals surface area (Å²) < 4.78 is 12.2. The van der Waals surface area contributed by atoms with Gasteiger partial charge in [-0.15, -0.1) is 0 Å². The van der Waals surface area contributed by atoms with E-state index in [4.69, 9.17) is 6.64 Å². The minimum Gasteiger partial charge on any atom is -1.00 e. The van der Waals surface area contributed by atoms with Crippen molar-refractivity contribution in [1.82, 2.24) is 0 Å². The summed E-state index contributed by atoms with van der Waals surface area (Å²) >= 11 is -2.95. The van der Waals surface area contributed by atoms with Gasteiger partial charge in [-0.2, -0.15) is 0 Å². The molecule has 0 aromatic heterocycles. The molecule has 0 aromatic carbocycles. The van der Waals surface area contributed by atoms with Crippen molar-refractivity contribution in [3.05, 3.63) is 22.3 Å². The first kappa shape index (κ1) is 24.7. The van der Waals surface area contributed by atoms with Gasteiger partial charge in [0, 0.05) is 0 Å². The van der Waals surface area contributed by atoms with Gasteiger partial charge in [0.1, 0.15) is 0 Å². The van der Waals surface area contributed by atoms with E-state index in [9.17, 15) is 9.59 Å². The summed E-state index contributed by atoms with van der Waals surface area (Å²) in [6.45, 7) is 11.2. The Kier molecular flexibility index (Phi) is 7.90. The van der Waals surface area contributed by atoms with Crippen molar-refractivity contribution in [2.45, 2.75) is 97.1 Å². The third kappa shape index (κ3) is 5.38. The molecule has 0 bridgehead atoms. The summed E-state index contributed by atoms with van der Waals surface area (Å²) in [6.07, 6.45) is 9.23. The van der Waals surface area contributed by atoms with Gasteiger partial charge < -0.3 is 12.4 Å². The number of fused-ring (bicyclic) bond motifs is 1. The first-order valence-electron chi connectivity index (χ1n) is 10.8. The largest absolute Gasteiger partial charge is 1.00 e. The third-order valence-electron chi connectivity index (χ3n) is 5.93. The summed E-state index contributed by atoms with van der Waals surface area (Å²) in [5.74, 6) is -0.487. The molecule has 0 N–H and O–H groups in total. The van der Waals surface area contributed by atoms with Gasteiger partial charge in [-0.25, -0.2) is 0 Å². The summed E-state index contributed by atoms with van der Waals surface area (Å²) in [5, 5.41) is 0. The van der Waals surface area contributed by atoms with Gasteiger partial charge in [0.05, 0.1) is 0 Å². The Morgan fingerprint density at radius 1 is 0.724 bits per heavy atom. The number of carbonyl (C=O) groups is 2. The third-order valence-corrected chi connectivity index (χ3v) is 8.96. The van der Waals surface area contributed by atoms with Crippen molar-refractivity contribution < 1.29 is 47.3 Å². The van der Waals surface area contributed by atoms with Crippen LogP contribution in [-0.2, 0) is 34.9 Å². The first-order chi connectivity index (χ1) is 13.0. The molecule has 3 aliphatic carbocycles. The molecular weight excluding hydrogens is 424 g/mol. The minimum absolute atomic E-state index is 0. The first-order valence-corrected chi connectivity index (χ1v) is 12.9. The zero-order valence-electron chi connectivity index (χ0n) is 18.7. The Labute approximate surface area is 189 Å². The summed E-state index contributed by atoms with van der Waals surface area (Å²) in [7, 11) is 0. The van der Waals surface area contributed by atoms with Crippen molar-refractivity contribution in [3.63, 3.8) is 0 Å². The molecule has 0 atom stereocenters. The fraction of sp³-hybridized carbons (Fsp3) is 0.739. The second-order valence-electron chi connectivity index (χ2n) is 10.5. The molecule has 162 valence electrons. The molecule has 3 rings (SSSR count). The zero-order valence-corrected chi connectivity index (χ0v) is 21.1. The molecular formula is C23H35ClO4Ti. The molecule has 0 saturated heterocycles. The Hall–Kier alpha value is -0.576. The standard InChI is InChI=1S/C13H17.2C5H10O2.ClH.Ti/c1-3-7-12-10(5-1)9-11-6-2-4-8-13(11)12;2*1-5(2,3)4(6)7;;/h9H,1-8H2;2*1-3H3,(H,6,7);1H;/q;;;;+3/p-3. The maximum Gasteiger partial charge on any atom is -1.00 e. The fourth-order valence-corrected chi connectivity index (χ4v) is 8.15. The molecule has 29 heavy (non-hydrogen) atoms. The predicted octanol–water partition coefficient (Wildman–Crippen LogP) is 3.16. The number of hydrogen-bond donors (Lipinski definition) is 0. The summed E-state index contributed by atoms with van der Waals surface area (Å²) in [4.78, 5) is 25.6. The van der Waals surface area contributed by atoms with Gasteiger partial charge in [0.2, 0.25) is 0 Å². The second kappa shape index (κ2) is 9.28. The average Bonchev–Trinajstić information content (AvgIpc) is 2.94. The van der Waals surface area contributed by atoms with Crippen LogP contribution >= 0.6 is 0 Å². The van der Waals surface area contributed by atoms with Gasteiger partial charge in [0.15, 0.2) is 0 Å². The fourth-order valence-electron chi connectivity index (χ4n) is 4.31. The van der Waals surface area contributed by atoms with E-state index < -0.39 is 29.5 Å². The van der Waals surface area contributed by atoms with Crippen LogP contribution in [0.25, 0.3) is 0 Å². The molecule has 0 spiro atoms. The van der Waals surface area contributed by atoms with Crippen LogP contribution in [0.1, 0.15) is 92.9 Å². The zero-order chi connectivity index (χ0) is 20.7. The van der Waals surface area contributed by atoms with E-state index in [1.54, 1.807) is 0 Å². The van der Waals surface area contributed by atoms with Gasteiger partial charge >= 0.3 is 177 Å². The molecule has 6 heteroatoms. The Balaban J connectivity index is 0.00000300. The molecule has 0 unspecified atom stereocenters. The topological polar surface area (TPSA) is 52.6 Å². The van der Waals surface area contributed by atoms with Crippen molar-refractivity contribution in [2.75, 3.05) is 0 Å². The van der Waals surface area contributed by atoms with E-state index in [-0.39, 0.29) is 28.6 Å². The molecule has 4 nitrogen and oxygen atoms in total. The minimum atomic E-state index is -2.95. The number of rotatable bonds is 3. The van der Waals surface area contributed by atoms with Crippen molar-refractivity contribution in [1.29, 1.82) is 0 Å². The molecule has 3 aliphatic rings. The van der Waals surface area contributed by atoms with Crippen LogP contribution in [0.3, 0.4) is 0 Å². The van der Waals surface area contributed by atoms with Crippen LogP contribution < -0.4 is 12.4 Å². The molecule has 0 aromatic rings. The van der Waals surface area contributed by atoms with Crippen LogP contribution in [-0.4, -0.2) is 11.9 Å². The van der Waals surface area contributed by atoms with Crippen LogP contribution in [0.15, 0.2) is 22.3 Å². The normalized spacial score (nSPS) is 19.9. The van der Waals surface area contributed by atoms with Crippen LogP contribution in [0, 0.1) is 10.8 Å². The van der Waals surface area contributed by atoms with Gasteiger partial charge in [0.25, 0.3) is 0 Å². The van der Waals surface area contributed by atoms with E-state index in [1.807, 2.05) is 41.5 Å². The maximum absolute atomic E-state index is 12.8. The molecule has 0 amide bonds. The molecule has 0 aliphatic heterocycles. The van der Waals surface area contributed by atoms with Gasteiger partial charge in [-0.05, 0) is 0 Å². The smallest absolute Gasteiger partial charge is 1.00 e. The number of halogens is 1. The van der Waals surface area contributed by atoms with Gasteiger partial charge in [-0.3, -0.25) is 0 Å². The van der Waals surface area contributed by atoms with E-state index in [0.29, 0.717) is 0 Å².